The summed E-state index contributed by atoms with van der Waals surface area (Å²) < 4.78 is 5.69. The lowest BCUT2D eigenvalue weighted by Gasteiger charge is -2.67. The second-order valence-corrected chi connectivity index (χ2v) is 10.8. The smallest absolute Gasteiger partial charge is 0.326 e. The predicted octanol–water partition coefficient (Wildman–Crippen LogP) is 3.28. The maximum absolute atomic E-state index is 13.2. The van der Waals surface area contributed by atoms with Gasteiger partial charge in [-0.3, -0.25) is 9.69 Å². The summed E-state index contributed by atoms with van der Waals surface area (Å²) >= 11 is 0. The summed E-state index contributed by atoms with van der Waals surface area (Å²) in [5, 5.41) is 6.12. The van der Waals surface area contributed by atoms with E-state index in [9.17, 15) is 9.59 Å². The first kappa shape index (κ1) is 25.8. The lowest BCUT2D eigenvalue weighted by molar-refractivity contribution is -0.124. The summed E-state index contributed by atoms with van der Waals surface area (Å²) in [5.74, 6) is 1.95. The van der Waals surface area contributed by atoms with Crippen LogP contribution in [0, 0.1) is 5.92 Å². The fourth-order valence-electron chi connectivity index (χ4n) is 5.53. The minimum atomic E-state index is -0.318. The summed E-state index contributed by atoms with van der Waals surface area (Å²) in [6.07, 6.45) is 6.33. The van der Waals surface area contributed by atoms with Crippen molar-refractivity contribution < 1.29 is 14.3 Å². The molecule has 0 saturated heterocycles. The van der Waals surface area contributed by atoms with E-state index in [1.54, 1.807) is 31.3 Å². The molecule has 2 heterocycles. The van der Waals surface area contributed by atoms with Gasteiger partial charge in [0.2, 0.25) is 11.9 Å². The fraction of sp³-hybridized carbons (Fsp3) is 0.481. The summed E-state index contributed by atoms with van der Waals surface area (Å²) in [6.45, 7) is 5.68. The second-order valence-electron chi connectivity index (χ2n) is 10.8. The number of carbonyl (C=O) groups excluding carboxylic acids is 2. The molecule has 6 rings (SSSR count). The van der Waals surface area contributed by atoms with Crippen molar-refractivity contribution in [3.8, 4) is 5.75 Å². The molecule has 11 nitrogen and oxygen atoms in total. The SMILES string of the molecule is C=CC(=O)Nc1cc(Nc2ncc3c(n2)N(C)C(=O)N(C24CC(C2)C4)C3)c(OC)cc1N(C)CCN(C)C. The average molecular weight is 521 g/mol. The molecule has 0 atom stereocenters. The Bertz CT molecular complexity index is 1260. The highest BCUT2D eigenvalue weighted by Gasteiger charge is 2.62. The fourth-order valence-corrected chi connectivity index (χ4v) is 5.53. The highest BCUT2D eigenvalue weighted by molar-refractivity contribution is 6.02. The summed E-state index contributed by atoms with van der Waals surface area (Å²) in [5.41, 5.74) is 2.93. The molecule has 202 valence electrons. The van der Waals surface area contributed by atoms with E-state index in [0.717, 1.165) is 49.5 Å². The number of fused-ring (bicyclic) bond motifs is 1. The van der Waals surface area contributed by atoms with Crippen molar-refractivity contribution in [2.45, 2.75) is 31.3 Å². The van der Waals surface area contributed by atoms with Gasteiger partial charge < -0.3 is 30.1 Å². The summed E-state index contributed by atoms with van der Waals surface area (Å²) in [4.78, 5) is 42.4. The first-order valence-electron chi connectivity index (χ1n) is 12.8. The van der Waals surface area contributed by atoms with Crippen LogP contribution in [0.15, 0.2) is 31.0 Å². The van der Waals surface area contributed by atoms with Crippen molar-refractivity contribution in [3.05, 3.63) is 36.5 Å². The molecular weight excluding hydrogens is 484 g/mol. The van der Waals surface area contributed by atoms with Crippen molar-refractivity contribution in [2.75, 3.05) is 68.8 Å². The number of anilines is 5. The number of carbonyl (C=O) groups is 2. The molecule has 2 bridgehead atoms. The number of urea groups is 1. The first-order valence-corrected chi connectivity index (χ1v) is 12.8. The molecule has 0 radical (unpaired) electrons. The highest BCUT2D eigenvalue weighted by atomic mass is 16.5. The van der Waals surface area contributed by atoms with Crippen molar-refractivity contribution in [3.63, 3.8) is 0 Å². The number of nitrogens with one attached hydrogen (secondary N) is 2. The molecule has 2 N–H and O–H groups in total. The van der Waals surface area contributed by atoms with Crippen LogP contribution in [-0.2, 0) is 11.3 Å². The lowest BCUT2D eigenvalue weighted by atomic mass is 9.49. The van der Waals surface area contributed by atoms with Crippen LogP contribution in [0.25, 0.3) is 0 Å². The molecule has 3 saturated carbocycles. The molecule has 0 unspecified atom stereocenters. The van der Waals surface area contributed by atoms with Gasteiger partial charge in [0.25, 0.3) is 0 Å². The van der Waals surface area contributed by atoms with Gasteiger partial charge in [-0.1, -0.05) is 6.58 Å². The van der Waals surface area contributed by atoms with E-state index in [1.165, 1.54) is 6.08 Å². The molecular formula is C27H36N8O3. The van der Waals surface area contributed by atoms with Gasteiger partial charge in [-0.2, -0.15) is 4.98 Å². The summed E-state index contributed by atoms with van der Waals surface area (Å²) in [6, 6.07) is 3.65. The zero-order chi connectivity index (χ0) is 27.2. The van der Waals surface area contributed by atoms with E-state index in [1.807, 2.05) is 32.1 Å². The van der Waals surface area contributed by atoms with E-state index >= 15 is 0 Å². The minimum Gasteiger partial charge on any atom is -0.494 e. The lowest BCUT2D eigenvalue weighted by Crippen LogP contribution is -2.71. The zero-order valence-electron chi connectivity index (χ0n) is 22.7. The van der Waals surface area contributed by atoms with E-state index in [-0.39, 0.29) is 17.5 Å². The van der Waals surface area contributed by atoms with Crippen molar-refractivity contribution >= 4 is 40.8 Å². The monoisotopic (exact) mass is 520 g/mol. The Morgan fingerprint density at radius 3 is 2.58 bits per heavy atom. The van der Waals surface area contributed by atoms with Gasteiger partial charge in [0.1, 0.15) is 11.6 Å². The van der Waals surface area contributed by atoms with Crippen LogP contribution in [-0.4, -0.2) is 85.6 Å². The third-order valence-corrected chi connectivity index (χ3v) is 7.89. The molecule has 38 heavy (non-hydrogen) atoms. The quantitative estimate of drug-likeness (QED) is 0.460. The Balaban J connectivity index is 1.43. The van der Waals surface area contributed by atoms with Gasteiger partial charge >= 0.3 is 6.03 Å². The van der Waals surface area contributed by atoms with E-state index in [2.05, 4.69) is 37.0 Å². The Morgan fingerprint density at radius 1 is 1.24 bits per heavy atom. The van der Waals surface area contributed by atoms with Crippen molar-refractivity contribution in [2.24, 2.45) is 5.92 Å². The molecule has 1 aliphatic heterocycles. The average Bonchev–Trinajstić information content (AvgIpc) is 2.84. The van der Waals surface area contributed by atoms with Crippen LogP contribution >= 0.6 is 0 Å². The normalized spacial score (nSPS) is 21.3. The first-order chi connectivity index (χ1) is 18.1. The number of hydrogen-bond donors (Lipinski definition) is 2. The van der Waals surface area contributed by atoms with E-state index < -0.39 is 0 Å². The van der Waals surface area contributed by atoms with Gasteiger partial charge in [0, 0.05) is 50.6 Å². The predicted molar refractivity (Wildman–Crippen MR) is 148 cm³/mol. The molecule has 4 aliphatic rings. The van der Waals surface area contributed by atoms with E-state index in [4.69, 9.17) is 4.74 Å². The van der Waals surface area contributed by atoms with Gasteiger partial charge in [-0.25, -0.2) is 9.78 Å². The zero-order valence-corrected chi connectivity index (χ0v) is 22.7. The molecule has 0 spiro atoms. The molecule has 1 aromatic heterocycles. The molecule has 1 aromatic carbocycles. The topological polar surface area (TPSA) is 106 Å². The Kier molecular flexibility index (Phi) is 6.64. The van der Waals surface area contributed by atoms with Crippen LogP contribution < -0.4 is 25.2 Å². The van der Waals surface area contributed by atoms with E-state index in [0.29, 0.717) is 35.4 Å². The van der Waals surface area contributed by atoms with Gasteiger partial charge in [-0.05, 0) is 51.4 Å². The number of amides is 3. The number of ether oxygens (including phenoxy) is 1. The van der Waals surface area contributed by atoms with Crippen molar-refractivity contribution in [1.82, 2.24) is 19.8 Å². The third kappa shape index (κ3) is 4.51. The molecule has 2 aromatic rings. The van der Waals surface area contributed by atoms with Crippen LogP contribution in [0.5, 0.6) is 5.75 Å². The Hall–Kier alpha value is -3.86. The standard InChI is InChI=1S/C27H36N8O3/c1-7-23(36)29-19-10-20(22(38-6)11-21(19)33(4)9-8-32(2)3)30-25-28-15-18-16-35(27-12-17(13-27)14-27)26(37)34(5)24(18)31-25/h7,10-11,15,17H,1,8-9,12-14,16H2,2-6H3,(H,29,36)(H,28,30,31). The number of methoxy groups -OCH3 is 1. The van der Waals surface area contributed by atoms with Crippen LogP contribution in [0.4, 0.5) is 33.6 Å². The van der Waals surface area contributed by atoms with Crippen molar-refractivity contribution in [1.29, 1.82) is 0 Å². The number of nitrogens with zero attached hydrogens (tertiary/aromatic N) is 6. The third-order valence-electron chi connectivity index (χ3n) is 7.89. The van der Waals surface area contributed by atoms with Gasteiger partial charge in [0.15, 0.2) is 0 Å². The highest BCUT2D eigenvalue weighted by Crippen LogP contribution is 2.61. The summed E-state index contributed by atoms with van der Waals surface area (Å²) in [7, 11) is 9.34. The maximum atomic E-state index is 13.2. The maximum Gasteiger partial charge on any atom is 0.326 e. The Labute approximate surface area is 223 Å². The number of likely N-dealkylation sites (N-methyl/N-ethyl adjacent to an activating group) is 2. The second kappa shape index (κ2) is 9.79. The number of rotatable bonds is 10. The van der Waals surface area contributed by atoms with Crippen LogP contribution in [0.2, 0.25) is 0 Å². The molecule has 3 amide bonds. The van der Waals surface area contributed by atoms with Gasteiger partial charge in [-0.15, -0.1) is 0 Å². The molecule has 3 fully saturated rings. The number of hydrogen-bond acceptors (Lipinski definition) is 8. The minimum absolute atomic E-state index is 0.0163. The van der Waals surface area contributed by atoms with Gasteiger partial charge in [0.05, 0.1) is 30.7 Å². The number of aromatic nitrogens is 2. The molecule has 11 heteroatoms. The van der Waals surface area contributed by atoms with Crippen LogP contribution in [0.1, 0.15) is 24.8 Å². The van der Waals surface area contributed by atoms with Crippen LogP contribution in [0.3, 0.4) is 0 Å². The largest absolute Gasteiger partial charge is 0.494 e. The molecule has 3 aliphatic carbocycles. The Morgan fingerprint density at radius 2 is 1.97 bits per heavy atom. The number of benzene rings is 1.